The van der Waals surface area contributed by atoms with Crippen LogP contribution in [0, 0.1) is 59.2 Å². The fourth-order valence-corrected chi connectivity index (χ4v) is 8.72. The van der Waals surface area contributed by atoms with Crippen LogP contribution in [-0.4, -0.2) is 49.9 Å². The normalized spacial score (nSPS) is 22.3. The van der Waals surface area contributed by atoms with E-state index in [1.807, 2.05) is 39.0 Å². The van der Waals surface area contributed by atoms with Crippen LogP contribution in [0.3, 0.4) is 0 Å². The highest BCUT2D eigenvalue weighted by Gasteiger charge is 2.44. The van der Waals surface area contributed by atoms with Crippen LogP contribution in [0.5, 0.6) is 0 Å². The molecule has 8 unspecified atom stereocenters. The summed E-state index contributed by atoms with van der Waals surface area (Å²) < 4.78 is 12.3. The van der Waals surface area contributed by atoms with E-state index in [2.05, 4.69) is 86.0 Å². The van der Waals surface area contributed by atoms with E-state index in [9.17, 15) is 14.4 Å². The number of ketones is 2. The van der Waals surface area contributed by atoms with Gasteiger partial charge in [0.2, 0.25) is 5.91 Å². The first-order chi connectivity index (χ1) is 23.9. The highest BCUT2D eigenvalue weighted by molar-refractivity contribution is 5.97. The van der Waals surface area contributed by atoms with E-state index in [0.717, 1.165) is 31.3 Å². The quantitative estimate of drug-likeness (QED) is 0.0959. The highest BCUT2D eigenvalue weighted by Crippen LogP contribution is 2.43. The van der Waals surface area contributed by atoms with Gasteiger partial charge in [0.25, 0.3) is 0 Å². The summed E-state index contributed by atoms with van der Waals surface area (Å²) in [5, 5.41) is 3.24. The van der Waals surface area contributed by atoms with E-state index in [4.69, 9.17) is 9.47 Å². The molecule has 1 amide bonds. The van der Waals surface area contributed by atoms with Crippen LogP contribution in [0.4, 0.5) is 0 Å². The molecule has 1 aliphatic rings. The van der Waals surface area contributed by atoms with Crippen LogP contribution in [0.2, 0.25) is 0 Å². The van der Waals surface area contributed by atoms with Crippen molar-refractivity contribution in [3.8, 4) is 0 Å². The van der Waals surface area contributed by atoms with Crippen molar-refractivity contribution in [3.05, 3.63) is 60.2 Å². The second-order valence-corrected chi connectivity index (χ2v) is 16.6. The number of benzene rings is 1. The third-order valence-electron chi connectivity index (χ3n) is 12.8. The molecule has 0 saturated heterocycles. The zero-order chi connectivity index (χ0) is 38.7. The van der Waals surface area contributed by atoms with E-state index < -0.39 is 5.92 Å². The predicted molar refractivity (Wildman–Crippen MR) is 211 cm³/mol. The zero-order valence-corrected chi connectivity index (χ0v) is 34.5. The fraction of sp³-hybridized carbons (Fsp3) is 0.711. The molecule has 51 heavy (non-hydrogen) atoms. The smallest absolute Gasteiger partial charge is 0.225 e. The van der Waals surface area contributed by atoms with E-state index in [1.165, 1.54) is 5.56 Å². The van der Waals surface area contributed by atoms with Gasteiger partial charge in [0, 0.05) is 50.4 Å². The number of methoxy groups -OCH3 is 2. The molecule has 0 radical (unpaired) electrons. The van der Waals surface area contributed by atoms with E-state index in [1.54, 1.807) is 14.2 Å². The lowest BCUT2D eigenvalue weighted by molar-refractivity contribution is -0.136. The van der Waals surface area contributed by atoms with Gasteiger partial charge < -0.3 is 14.8 Å². The SMILES string of the molecule is C=C(C(=O)[C@@H](C)C(C)C)C(C(=C)C(C)C(C(CC(=O)C1CCCC1C(OC)C(C)C(=O)N[C@H](C)[C@@H](C)c1ccccc1)OC)[C@@H](C)CC)C(C)C. The Balaban J connectivity index is 2.27. The minimum absolute atomic E-state index is 0.000842. The molecule has 1 aliphatic carbocycles. The van der Waals surface area contributed by atoms with Gasteiger partial charge in [-0.05, 0) is 66.4 Å². The van der Waals surface area contributed by atoms with Crippen molar-refractivity contribution in [2.24, 2.45) is 59.2 Å². The first-order valence-electron chi connectivity index (χ1n) is 19.8. The van der Waals surface area contributed by atoms with Crippen molar-refractivity contribution < 1.29 is 23.9 Å². The molecule has 1 saturated carbocycles. The Morgan fingerprint density at radius 2 is 1.43 bits per heavy atom. The molecule has 6 nitrogen and oxygen atoms in total. The lowest BCUT2D eigenvalue weighted by Gasteiger charge is -2.40. The van der Waals surface area contributed by atoms with Gasteiger partial charge in [-0.25, -0.2) is 0 Å². The van der Waals surface area contributed by atoms with Gasteiger partial charge in [-0.15, -0.1) is 0 Å². The maximum Gasteiger partial charge on any atom is 0.225 e. The molecule has 0 spiro atoms. The summed E-state index contributed by atoms with van der Waals surface area (Å²) in [6.07, 6.45) is 3.11. The van der Waals surface area contributed by atoms with Crippen LogP contribution in [0.15, 0.2) is 54.6 Å². The van der Waals surface area contributed by atoms with Crippen molar-refractivity contribution in [1.82, 2.24) is 5.32 Å². The Labute approximate surface area is 312 Å². The lowest BCUT2D eigenvalue weighted by atomic mass is 9.67. The Morgan fingerprint density at radius 3 is 1.94 bits per heavy atom. The molecular formula is C45H73NO5. The zero-order valence-electron chi connectivity index (χ0n) is 34.5. The second-order valence-electron chi connectivity index (χ2n) is 16.6. The maximum absolute atomic E-state index is 14.3. The molecule has 12 atom stereocenters. The van der Waals surface area contributed by atoms with E-state index in [0.29, 0.717) is 12.0 Å². The fourth-order valence-electron chi connectivity index (χ4n) is 8.72. The Morgan fingerprint density at radius 1 is 0.824 bits per heavy atom. The first-order valence-corrected chi connectivity index (χ1v) is 19.8. The van der Waals surface area contributed by atoms with Gasteiger partial charge in [-0.1, -0.05) is 131 Å². The van der Waals surface area contributed by atoms with Crippen LogP contribution >= 0.6 is 0 Å². The van der Waals surface area contributed by atoms with Crippen LogP contribution < -0.4 is 5.32 Å². The molecular weight excluding hydrogens is 634 g/mol. The Bertz CT molecular complexity index is 1290. The summed E-state index contributed by atoms with van der Waals surface area (Å²) in [4.78, 5) is 41.4. The third-order valence-corrected chi connectivity index (χ3v) is 12.8. The van der Waals surface area contributed by atoms with Gasteiger partial charge in [-0.3, -0.25) is 14.4 Å². The number of hydrogen-bond donors (Lipinski definition) is 1. The largest absolute Gasteiger partial charge is 0.381 e. The van der Waals surface area contributed by atoms with E-state index >= 15 is 0 Å². The number of nitrogens with one attached hydrogen (secondary N) is 1. The van der Waals surface area contributed by atoms with Gasteiger partial charge in [0.1, 0.15) is 5.78 Å². The molecule has 1 fully saturated rings. The summed E-state index contributed by atoms with van der Waals surface area (Å²) >= 11 is 0. The number of hydrogen-bond acceptors (Lipinski definition) is 5. The number of carbonyl (C=O) groups is 3. The van der Waals surface area contributed by atoms with Crippen molar-refractivity contribution in [2.75, 3.05) is 14.2 Å². The first kappa shape index (κ1) is 44.6. The standard InChI is InChI=1S/C45H73NO5/c1-16-28(6)42(31(9)30(8)41(27(4)5)33(11)43(48)29(7)26(2)3)40(50-14)25-39(47)37-23-20-24-38(37)44(51-15)34(12)45(49)46-35(13)32(10)36-21-18-17-19-22-36/h17-19,21-22,26-29,31-32,34-35,37-38,40-42,44H,8,11,16,20,23-25H2,1-7,9-10,12-15H3,(H,46,49)/t28-,29-,31?,32+,34?,35+,37?,38?,40?,41?,42?,44?/m0/s1. The summed E-state index contributed by atoms with van der Waals surface area (Å²) in [6.45, 7) is 32.1. The minimum atomic E-state index is -0.407. The minimum Gasteiger partial charge on any atom is -0.381 e. The molecule has 1 aromatic carbocycles. The number of rotatable bonds is 22. The monoisotopic (exact) mass is 708 g/mol. The van der Waals surface area contributed by atoms with Gasteiger partial charge >= 0.3 is 0 Å². The van der Waals surface area contributed by atoms with Gasteiger partial charge in [-0.2, -0.15) is 0 Å². The van der Waals surface area contributed by atoms with Crippen LogP contribution in [-0.2, 0) is 23.9 Å². The second kappa shape index (κ2) is 20.6. The van der Waals surface area contributed by atoms with Crippen molar-refractivity contribution >= 4 is 17.5 Å². The summed E-state index contributed by atoms with van der Waals surface area (Å²) in [7, 11) is 3.38. The Kier molecular flexibility index (Phi) is 18.0. The molecule has 0 aromatic heterocycles. The molecule has 2 rings (SSSR count). The van der Waals surface area contributed by atoms with Crippen LogP contribution in [0.25, 0.3) is 0 Å². The summed E-state index contributed by atoms with van der Waals surface area (Å²) in [5.74, 6) is 0.170. The highest BCUT2D eigenvalue weighted by atomic mass is 16.5. The number of carbonyl (C=O) groups excluding carboxylic acids is 3. The van der Waals surface area contributed by atoms with Crippen molar-refractivity contribution in [1.29, 1.82) is 0 Å². The molecule has 6 heteroatoms. The van der Waals surface area contributed by atoms with E-state index in [-0.39, 0.29) is 94.9 Å². The number of amides is 1. The topological polar surface area (TPSA) is 81.7 Å². The molecule has 0 heterocycles. The lowest BCUT2D eigenvalue weighted by Crippen LogP contribution is -2.46. The average Bonchev–Trinajstić information content (AvgIpc) is 3.59. The number of ether oxygens (including phenoxy) is 2. The molecule has 1 aromatic rings. The number of Topliss-reactive ketones (excluding diaryl/α,β-unsaturated/α-hetero) is 2. The third kappa shape index (κ3) is 11.2. The summed E-state index contributed by atoms with van der Waals surface area (Å²) in [5.41, 5.74) is 2.81. The van der Waals surface area contributed by atoms with Gasteiger partial charge in [0.15, 0.2) is 5.78 Å². The van der Waals surface area contributed by atoms with Crippen molar-refractivity contribution in [2.45, 2.75) is 132 Å². The van der Waals surface area contributed by atoms with Crippen LogP contribution in [0.1, 0.15) is 120 Å². The number of allylic oxidation sites excluding steroid dienone is 2. The van der Waals surface area contributed by atoms with Crippen molar-refractivity contribution in [3.63, 3.8) is 0 Å². The predicted octanol–water partition coefficient (Wildman–Crippen LogP) is 9.88. The molecule has 1 N–H and O–H groups in total. The van der Waals surface area contributed by atoms with Gasteiger partial charge in [0.05, 0.1) is 18.1 Å². The average molecular weight is 708 g/mol. The maximum atomic E-state index is 14.3. The summed E-state index contributed by atoms with van der Waals surface area (Å²) in [6, 6.07) is 10.2. The Hall–Kier alpha value is -2.57. The molecule has 288 valence electrons. The molecule has 0 bridgehead atoms. The molecule has 0 aliphatic heterocycles.